The number of nitrogens with zero attached hydrogens (tertiary/aromatic N) is 1. The molecule has 19 heavy (non-hydrogen) atoms. The van der Waals surface area contributed by atoms with Crippen LogP contribution in [0.5, 0.6) is 0 Å². The topological polar surface area (TPSA) is 83.8 Å². The molecule has 5 nitrogen and oxygen atoms in total. The molecule has 1 aromatic heterocycles. The maximum absolute atomic E-state index is 11.8. The monoisotopic (exact) mass is 266 g/mol. The molecule has 1 atom stereocenters. The number of hydrogen-bond acceptors (Lipinski definition) is 3. The Morgan fingerprint density at radius 3 is 2.74 bits per heavy atom. The minimum atomic E-state index is 0.0903. The molecule has 1 rings (SSSR count). The summed E-state index contributed by atoms with van der Waals surface area (Å²) in [5.74, 6) is 0.574. The zero-order valence-electron chi connectivity index (χ0n) is 12.2. The standard InChI is InChI=1S/C14H26N4O/c1-14(2,3)12(6-7-15)4-5-13(19)16-8-11-9-17-18-10-11/h9-10,12H,4-8,15H2,1-3H3,(H,16,19)(H,17,18). The number of H-pyrrole nitrogens is 1. The van der Waals surface area contributed by atoms with E-state index >= 15 is 0 Å². The Morgan fingerprint density at radius 2 is 2.21 bits per heavy atom. The molecule has 0 saturated carbocycles. The first-order valence-corrected chi connectivity index (χ1v) is 6.88. The van der Waals surface area contributed by atoms with Gasteiger partial charge in [-0.3, -0.25) is 9.89 Å². The van der Waals surface area contributed by atoms with Gasteiger partial charge in [0.05, 0.1) is 6.20 Å². The number of amides is 1. The lowest BCUT2D eigenvalue weighted by atomic mass is 9.76. The fourth-order valence-corrected chi connectivity index (χ4v) is 2.18. The zero-order chi connectivity index (χ0) is 14.3. The van der Waals surface area contributed by atoms with Crippen molar-refractivity contribution in [2.24, 2.45) is 17.1 Å². The Bertz CT molecular complexity index is 367. The van der Waals surface area contributed by atoms with E-state index in [1.807, 2.05) is 0 Å². The Kier molecular flexibility index (Phi) is 6.02. The summed E-state index contributed by atoms with van der Waals surface area (Å²) in [7, 11) is 0. The normalized spacial score (nSPS) is 13.3. The van der Waals surface area contributed by atoms with Crippen molar-refractivity contribution in [3.8, 4) is 0 Å². The van der Waals surface area contributed by atoms with Crippen molar-refractivity contribution in [2.75, 3.05) is 6.54 Å². The molecule has 0 spiro atoms. The predicted octanol–water partition coefficient (Wildman–Crippen LogP) is 1.82. The summed E-state index contributed by atoms with van der Waals surface area (Å²) in [6.07, 6.45) is 5.91. The second kappa shape index (κ2) is 7.28. The quantitative estimate of drug-likeness (QED) is 0.704. The molecule has 1 amide bonds. The van der Waals surface area contributed by atoms with E-state index in [9.17, 15) is 4.79 Å². The van der Waals surface area contributed by atoms with Gasteiger partial charge in [-0.2, -0.15) is 5.10 Å². The van der Waals surface area contributed by atoms with Crippen LogP contribution in [0.4, 0.5) is 0 Å². The Balaban J connectivity index is 2.31. The van der Waals surface area contributed by atoms with E-state index in [0.29, 0.717) is 25.4 Å². The van der Waals surface area contributed by atoms with Crippen molar-refractivity contribution < 1.29 is 4.79 Å². The number of nitrogens with one attached hydrogen (secondary N) is 2. The van der Waals surface area contributed by atoms with Gasteiger partial charge in [-0.1, -0.05) is 20.8 Å². The molecule has 0 aliphatic rings. The third kappa shape index (κ3) is 5.87. The second-order valence-corrected chi connectivity index (χ2v) is 6.06. The van der Waals surface area contributed by atoms with Gasteiger partial charge in [0.2, 0.25) is 5.91 Å². The summed E-state index contributed by atoms with van der Waals surface area (Å²) in [5.41, 5.74) is 6.83. The lowest BCUT2D eigenvalue weighted by molar-refractivity contribution is -0.121. The van der Waals surface area contributed by atoms with Crippen LogP contribution in [0.25, 0.3) is 0 Å². The van der Waals surface area contributed by atoms with Crippen molar-refractivity contribution in [2.45, 2.75) is 46.6 Å². The van der Waals surface area contributed by atoms with Gasteiger partial charge in [-0.05, 0) is 30.7 Å². The fraction of sp³-hybridized carbons (Fsp3) is 0.714. The SMILES string of the molecule is CC(C)(C)C(CCN)CCC(=O)NCc1cn[nH]c1. The average molecular weight is 266 g/mol. The summed E-state index contributed by atoms with van der Waals surface area (Å²) in [4.78, 5) is 11.8. The third-order valence-electron chi connectivity index (χ3n) is 3.50. The predicted molar refractivity (Wildman–Crippen MR) is 76.3 cm³/mol. The van der Waals surface area contributed by atoms with Gasteiger partial charge in [0.25, 0.3) is 0 Å². The molecule has 108 valence electrons. The maximum atomic E-state index is 11.8. The van der Waals surface area contributed by atoms with E-state index in [2.05, 4.69) is 36.3 Å². The van der Waals surface area contributed by atoms with Crippen molar-refractivity contribution in [3.63, 3.8) is 0 Å². The molecule has 0 aromatic carbocycles. The molecule has 1 heterocycles. The van der Waals surface area contributed by atoms with E-state index in [-0.39, 0.29) is 11.3 Å². The van der Waals surface area contributed by atoms with E-state index in [1.165, 1.54) is 0 Å². The molecular weight excluding hydrogens is 240 g/mol. The number of carbonyl (C=O) groups excluding carboxylic acids is 1. The van der Waals surface area contributed by atoms with Crippen LogP contribution in [0.1, 0.15) is 45.6 Å². The highest BCUT2D eigenvalue weighted by Crippen LogP contribution is 2.31. The van der Waals surface area contributed by atoms with Crippen LogP contribution in [0.2, 0.25) is 0 Å². The molecule has 0 fully saturated rings. The van der Waals surface area contributed by atoms with Crippen LogP contribution in [0, 0.1) is 11.3 Å². The average Bonchev–Trinajstić information content (AvgIpc) is 2.83. The molecule has 5 heteroatoms. The van der Waals surface area contributed by atoms with Gasteiger partial charge in [0.1, 0.15) is 0 Å². The number of aromatic nitrogens is 2. The smallest absolute Gasteiger partial charge is 0.220 e. The van der Waals surface area contributed by atoms with Gasteiger partial charge in [-0.15, -0.1) is 0 Å². The summed E-state index contributed by atoms with van der Waals surface area (Å²) in [5, 5.41) is 9.47. The molecule has 0 radical (unpaired) electrons. The maximum Gasteiger partial charge on any atom is 0.220 e. The first kappa shape index (κ1) is 15.7. The summed E-state index contributed by atoms with van der Waals surface area (Å²) in [6.45, 7) is 7.83. The lowest BCUT2D eigenvalue weighted by Gasteiger charge is -2.30. The molecule has 4 N–H and O–H groups in total. The van der Waals surface area contributed by atoms with Crippen LogP contribution in [-0.2, 0) is 11.3 Å². The van der Waals surface area contributed by atoms with Gasteiger partial charge in [-0.25, -0.2) is 0 Å². The molecule has 0 aliphatic heterocycles. The highest BCUT2D eigenvalue weighted by atomic mass is 16.1. The van der Waals surface area contributed by atoms with E-state index in [4.69, 9.17) is 5.73 Å². The van der Waals surface area contributed by atoms with Gasteiger partial charge in [0.15, 0.2) is 0 Å². The van der Waals surface area contributed by atoms with Crippen LogP contribution >= 0.6 is 0 Å². The van der Waals surface area contributed by atoms with Crippen LogP contribution in [0.15, 0.2) is 12.4 Å². The van der Waals surface area contributed by atoms with Crippen LogP contribution < -0.4 is 11.1 Å². The summed E-state index contributed by atoms with van der Waals surface area (Å²) >= 11 is 0. The molecule has 0 bridgehead atoms. The number of carbonyl (C=O) groups is 1. The van der Waals surface area contributed by atoms with Gasteiger partial charge < -0.3 is 11.1 Å². The zero-order valence-corrected chi connectivity index (χ0v) is 12.2. The van der Waals surface area contributed by atoms with E-state index in [1.54, 1.807) is 12.4 Å². The fourth-order valence-electron chi connectivity index (χ4n) is 2.18. The highest BCUT2D eigenvalue weighted by Gasteiger charge is 2.24. The van der Waals surface area contributed by atoms with Crippen molar-refractivity contribution >= 4 is 5.91 Å². The Hall–Kier alpha value is -1.36. The lowest BCUT2D eigenvalue weighted by Crippen LogP contribution is -2.27. The minimum absolute atomic E-state index is 0.0903. The summed E-state index contributed by atoms with van der Waals surface area (Å²) < 4.78 is 0. The number of nitrogens with two attached hydrogens (primary N) is 1. The van der Waals surface area contributed by atoms with Gasteiger partial charge in [0, 0.05) is 24.7 Å². The van der Waals surface area contributed by atoms with Gasteiger partial charge >= 0.3 is 0 Å². The van der Waals surface area contributed by atoms with Crippen LogP contribution in [-0.4, -0.2) is 22.6 Å². The first-order chi connectivity index (χ1) is 8.93. The first-order valence-electron chi connectivity index (χ1n) is 6.88. The van der Waals surface area contributed by atoms with Crippen molar-refractivity contribution in [1.82, 2.24) is 15.5 Å². The van der Waals surface area contributed by atoms with E-state index in [0.717, 1.165) is 18.4 Å². The largest absolute Gasteiger partial charge is 0.352 e. The molecule has 0 aliphatic carbocycles. The molecule has 0 saturated heterocycles. The molecular formula is C14H26N4O. The van der Waals surface area contributed by atoms with Crippen molar-refractivity contribution in [3.05, 3.63) is 18.0 Å². The van der Waals surface area contributed by atoms with E-state index < -0.39 is 0 Å². The molecule has 1 aromatic rings. The summed E-state index contributed by atoms with van der Waals surface area (Å²) in [6, 6.07) is 0. The molecule has 1 unspecified atom stereocenters. The minimum Gasteiger partial charge on any atom is -0.352 e. The Labute approximate surface area is 115 Å². The number of aromatic amines is 1. The number of hydrogen-bond donors (Lipinski definition) is 3. The third-order valence-corrected chi connectivity index (χ3v) is 3.50. The van der Waals surface area contributed by atoms with Crippen LogP contribution in [0.3, 0.4) is 0 Å². The number of rotatable bonds is 7. The van der Waals surface area contributed by atoms with Crippen molar-refractivity contribution in [1.29, 1.82) is 0 Å². The Morgan fingerprint density at radius 1 is 1.47 bits per heavy atom. The highest BCUT2D eigenvalue weighted by molar-refractivity contribution is 5.75. The second-order valence-electron chi connectivity index (χ2n) is 6.06.